The molecule has 0 aliphatic carbocycles. The Morgan fingerprint density at radius 3 is 2.49 bits per heavy atom. The van der Waals surface area contributed by atoms with Crippen LogP contribution < -0.4 is 10.6 Å². The van der Waals surface area contributed by atoms with E-state index in [4.69, 9.17) is 21.6 Å². The van der Waals surface area contributed by atoms with E-state index in [0.717, 1.165) is 21.1 Å². The van der Waals surface area contributed by atoms with Gasteiger partial charge in [0, 0.05) is 36.2 Å². The van der Waals surface area contributed by atoms with Gasteiger partial charge in [-0.05, 0) is 64.3 Å². The predicted octanol–water partition coefficient (Wildman–Crippen LogP) is 5.61. The molecule has 1 saturated heterocycles. The smallest absolute Gasteiger partial charge is 0.349 e. The van der Waals surface area contributed by atoms with Crippen LogP contribution in [0.15, 0.2) is 35.8 Å². The van der Waals surface area contributed by atoms with Crippen LogP contribution in [0.5, 0.6) is 0 Å². The minimum atomic E-state index is -0.457. The fraction of sp³-hybridized carbons (Fsp3) is 0.400. The minimum Gasteiger partial charge on any atom is -0.349 e. The Bertz CT molecular complexity index is 1750. The second-order valence-corrected chi connectivity index (χ2v) is 12.8. The number of carbonyl (C=O) groups is 1. The highest BCUT2D eigenvalue weighted by molar-refractivity contribution is 7.11. The van der Waals surface area contributed by atoms with Crippen LogP contribution in [0, 0.1) is 20.8 Å². The maximum Gasteiger partial charge on any atom is 0.355 e. The monoisotopic (exact) mass is 591 g/mol. The third-order valence-electron chi connectivity index (χ3n) is 7.57. The molecule has 0 unspecified atom stereocenters. The number of hydrogen-bond donors (Lipinski definition) is 0. The summed E-state index contributed by atoms with van der Waals surface area (Å²) in [7, 11) is 0. The normalized spacial score (nSPS) is 17.5. The molecule has 41 heavy (non-hydrogen) atoms. The zero-order valence-electron chi connectivity index (χ0n) is 24.4. The number of fused-ring (bicyclic) bond motifs is 1. The summed E-state index contributed by atoms with van der Waals surface area (Å²) in [5, 5.41) is 1.97. The van der Waals surface area contributed by atoms with Crippen LogP contribution in [0.4, 0.5) is 5.82 Å². The van der Waals surface area contributed by atoms with Crippen molar-refractivity contribution in [1.82, 2.24) is 29.4 Å². The third-order valence-corrected chi connectivity index (χ3v) is 8.74. The first-order chi connectivity index (χ1) is 19.4. The number of anilines is 1. The Balaban J connectivity index is 1.82. The van der Waals surface area contributed by atoms with E-state index in [2.05, 4.69) is 21.4 Å². The molecule has 9 nitrogen and oxygen atoms in total. The number of carbonyl (C=O) groups excluding carboxylic acids is 1. The summed E-state index contributed by atoms with van der Waals surface area (Å²) in [6.45, 7) is 18.6. The number of amides is 1. The molecule has 5 heterocycles. The van der Waals surface area contributed by atoms with Crippen LogP contribution in [0.1, 0.15) is 54.8 Å². The van der Waals surface area contributed by atoms with E-state index in [-0.39, 0.29) is 23.9 Å². The number of aromatic nitrogens is 5. The van der Waals surface area contributed by atoms with Gasteiger partial charge in [-0.3, -0.25) is 9.78 Å². The second kappa shape index (κ2) is 11.0. The lowest BCUT2D eigenvalue weighted by molar-refractivity contribution is -0.128. The van der Waals surface area contributed by atoms with Crippen molar-refractivity contribution in [1.29, 1.82) is 0 Å². The van der Waals surface area contributed by atoms with Crippen LogP contribution in [0.25, 0.3) is 28.1 Å². The third kappa shape index (κ3) is 5.04. The van der Waals surface area contributed by atoms with E-state index in [1.54, 1.807) is 27.0 Å². The van der Waals surface area contributed by atoms with E-state index in [9.17, 15) is 9.59 Å². The van der Waals surface area contributed by atoms with Crippen molar-refractivity contribution in [3.05, 3.63) is 67.6 Å². The van der Waals surface area contributed by atoms with Crippen LogP contribution >= 0.6 is 22.9 Å². The van der Waals surface area contributed by atoms with Gasteiger partial charge in [0.2, 0.25) is 5.91 Å². The van der Waals surface area contributed by atoms with Crippen molar-refractivity contribution in [3.63, 3.8) is 0 Å². The highest BCUT2D eigenvalue weighted by atomic mass is 35.5. The first-order valence-corrected chi connectivity index (χ1v) is 14.9. The fourth-order valence-electron chi connectivity index (χ4n) is 5.57. The first-order valence-electron chi connectivity index (χ1n) is 13.7. The number of halogens is 1. The molecule has 0 saturated carbocycles. The Morgan fingerprint density at radius 2 is 1.85 bits per heavy atom. The van der Waals surface area contributed by atoms with Crippen LogP contribution in [-0.4, -0.2) is 60.5 Å². The van der Waals surface area contributed by atoms with Gasteiger partial charge in [-0.2, -0.15) is 4.98 Å². The number of aryl methyl sites for hydroxylation is 3. The zero-order valence-corrected chi connectivity index (χ0v) is 26.0. The summed E-state index contributed by atoms with van der Waals surface area (Å²) in [5.74, 6) is 0.429. The topological polar surface area (TPSA) is 97.1 Å². The molecule has 1 fully saturated rings. The minimum absolute atomic E-state index is 0.0538. The van der Waals surface area contributed by atoms with Crippen molar-refractivity contribution >= 4 is 45.7 Å². The molecule has 4 aromatic rings. The van der Waals surface area contributed by atoms with Crippen molar-refractivity contribution in [2.75, 3.05) is 18.0 Å². The van der Waals surface area contributed by atoms with Crippen molar-refractivity contribution in [3.8, 4) is 17.1 Å². The van der Waals surface area contributed by atoms with Gasteiger partial charge in [0.05, 0.1) is 26.8 Å². The van der Waals surface area contributed by atoms with Gasteiger partial charge in [-0.15, -0.1) is 11.3 Å². The van der Waals surface area contributed by atoms with Crippen LogP contribution in [-0.2, 0) is 4.79 Å². The summed E-state index contributed by atoms with van der Waals surface area (Å²) in [5.41, 5.74) is 3.53. The number of nitrogens with zero attached hydrogens (tertiary/aromatic N) is 7. The van der Waals surface area contributed by atoms with E-state index in [0.29, 0.717) is 52.0 Å². The van der Waals surface area contributed by atoms with Gasteiger partial charge >= 0.3 is 5.69 Å². The second-order valence-electron chi connectivity index (χ2n) is 10.9. The highest BCUT2D eigenvalue weighted by Crippen LogP contribution is 2.37. The van der Waals surface area contributed by atoms with Crippen molar-refractivity contribution in [2.24, 2.45) is 0 Å². The molecule has 0 spiro atoms. The van der Waals surface area contributed by atoms with Gasteiger partial charge in [0.15, 0.2) is 5.65 Å². The van der Waals surface area contributed by atoms with Gasteiger partial charge in [0.1, 0.15) is 17.2 Å². The maximum atomic E-state index is 14.1. The molecule has 1 amide bonds. The van der Waals surface area contributed by atoms with E-state index in [1.165, 1.54) is 6.08 Å². The molecule has 2 atom stereocenters. The number of piperazine rings is 1. The van der Waals surface area contributed by atoms with Gasteiger partial charge < -0.3 is 9.80 Å². The summed E-state index contributed by atoms with van der Waals surface area (Å²) >= 11 is 8.50. The average Bonchev–Trinajstić information content (AvgIpc) is 3.26. The summed E-state index contributed by atoms with van der Waals surface area (Å²) in [6, 6.07) is 3.49. The number of hydrogen-bond acceptors (Lipinski definition) is 8. The zero-order chi connectivity index (χ0) is 29.7. The number of pyridine rings is 2. The summed E-state index contributed by atoms with van der Waals surface area (Å²) < 4.78 is 1.57. The van der Waals surface area contributed by atoms with E-state index < -0.39 is 5.69 Å². The predicted molar refractivity (Wildman–Crippen MR) is 166 cm³/mol. The summed E-state index contributed by atoms with van der Waals surface area (Å²) in [4.78, 5) is 50.5. The summed E-state index contributed by atoms with van der Waals surface area (Å²) in [6.07, 6.45) is 3.09. The Hall–Kier alpha value is -3.63. The standard InChI is InChI=1S/C30H34ClN7O2S/c1-9-23(39)36-13-18(6)37(14-17(36)5)28-21-12-22(31)26(25-19(7)41-20(8)33-25)34-29(21)38(30(40)35-28)27-16(4)10-11-32-24(27)15(2)3/h9-12,15,17-18H,1,13-14H2,2-8H3/t17-,18+/m1/s1. The average molecular weight is 592 g/mol. The maximum absolute atomic E-state index is 14.1. The Morgan fingerprint density at radius 1 is 1.12 bits per heavy atom. The molecule has 0 aromatic carbocycles. The molecular formula is C30H34ClN7O2S. The SMILES string of the molecule is C=CC(=O)N1C[C@H](C)N(c2nc(=O)n(-c3c(C)ccnc3C(C)C)c3nc(-c4nc(C)sc4C)c(Cl)cc23)C[C@H]1C. The highest BCUT2D eigenvalue weighted by Gasteiger charge is 2.34. The molecule has 0 N–H and O–H groups in total. The van der Waals surface area contributed by atoms with Crippen molar-refractivity contribution in [2.45, 2.75) is 66.5 Å². The Labute approximate surface area is 248 Å². The van der Waals surface area contributed by atoms with Gasteiger partial charge in [0.25, 0.3) is 0 Å². The molecule has 1 aliphatic heterocycles. The molecule has 5 rings (SSSR count). The molecule has 0 radical (unpaired) electrons. The molecule has 214 valence electrons. The largest absolute Gasteiger partial charge is 0.355 e. The molecular weight excluding hydrogens is 558 g/mol. The van der Waals surface area contributed by atoms with E-state index >= 15 is 0 Å². The quantitative estimate of drug-likeness (QED) is 0.278. The lowest BCUT2D eigenvalue weighted by Crippen LogP contribution is -2.58. The Kier molecular flexibility index (Phi) is 7.74. The number of thiazole rings is 1. The fourth-order valence-corrected chi connectivity index (χ4v) is 6.63. The van der Waals surface area contributed by atoms with E-state index in [1.807, 2.05) is 60.6 Å². The van der Waals surface area contributed by atoms with Crippen molar-refractivity contribution < 1.29 is 4.79 Å². The lowest BCUT2D eigenvalue weighted by Gasteiger charge is -2.44. The van der Waals surface area contributed by atoms with Gasteiger partial charge in [-0.1, -0.05) is 32.0 Å². The lowest BCUT2D eigenvalue weighted by atomic mass is 10.0. The van der Waals surface area contributed by atoms with Crippen LogP contribution in [0.2, 0.25) is 5.02 Å². The van der Waals surface area contributed by atoms with Gasteiger partial charge in [-0.25, -0.2) is 19.3 Å². The molecule has 4 aromatic heterocycles. The van der Waals surface area contributed by atoms with Crippen LogP contribution in [0.3, 0.4) is 0 Å². The number of rotatable bonds is 5. The molecule has 1 aliphatic rings. The first kappa shape index (κ1) is 28.9. The molecule has 11 heteroatoms. The molecule has 0 bridgehead atoms.